The Morgan fingerprint density at radius 2 is 1.53 bits per heavy atom. The normalized spacial score (nSPS) is 21.2. The van der Waals surface area contributed by atoms with E-state index in [9.17, 15) is 0 Å². The monoisotopic (exact) mass is 531 g/mol. The molecular formula is C32H47OSi3. The van der Waals surface area contributed by atoms with Crippen molar-refractivity contribution in [2.45, 2.75) is 95.2 Å². The summed E-state index contributed by atoms with van der Waals surface area (Å²) >= 11 is 0. The lowest BCUT2D eigenvalue weighted by atomic mass is 10.1. The molecule has 2 aliphatic rings. The average molecular weight is 532 g/mol. The zero-order chi connectivity index (χ0) is 26.3. The maximum absolute atomic E-state index is 6.78. The molecule has 1 radical (unpaired) electrons. The van der Waals surface area contributed by atoms with Crippen LogP contribution in [-0.2, 0) is 4.74 Å². The van der Waals surface area contributed by atoms with Crippen LogP contribution in [0.5, 0.6) is 0 Å². The summed E-state index contributed by atoms with van der Waals surface area (Å²) < 4.78 is 6.78. The van der Waals surface area contributed by atoms with Gasteiger partial charge in [-0.1, -0.05) is 112 Å². The van der Waals surface area contributed by atoms with E-state index in [2.05, 4.69) is 121 Å². The van der Waals surface area contributed by atoms with E-state index in [1.54, 1.807) is 22.3 Å². The van der Waals surface area contributed by atoms with Crippen LogP contribution in [0.2, 0.25) is 51.4 Å². The van der Waals surface area contributed by atoms with Crippen molar-refractivity contribution < 1.29 is 4.74 Å². The molecule has 0 spiro atoms. The van der Waals surface area contributed by atoms with Crippen molar-refractivity contribution >= 4 is 36.6 Å². The Bertz CT molecular complexity index is 1150. The second-order valence-electron chi connectivity index (χ2n) is 13.9. The Hall–Kier alpha value is -1.47. The Labute approximate surface area is 224 Å². The highest BCUT2D eigenvalue weighted by molar-refractivity contribution is 6.83. The number of allylic oxidation sites excluding steroid dienone is 3. The molecule has 4 rings (SSSR count). The summed E-state index contributed by atoms with van der Waals surface area (Å²) in [5.74, 6) is 0. The van der Waals surface area contributed by atoms with Gasteiger partial charge in [-0.25, -0.2) is 0 Å². The Balaban J connectivity index is 1.86. The molecule has 0 saturated heterocycles. The van der Waals surface area contributed by atoms with E-state index in [0.29, 0.717) is 11.1 Å². The molecule has 36 heavy (non-hydrogen) atoms. The van der Waals surface area contributed by atoms with Crippen LogP contribution in [0.3, 0.4) is 0 Å². The van der Waals surface area contributed by atoms with Gasteiger partial charge in [-0.15, -0.1) is 0 Å². The highest BCUT2D eigenvalue weighted by atomic mass is 28.3. The number of rotatable bonds is 9. The van der Waals surface area contributed by atoms with Gasteiger partial charge < -0.3 is 4.74 Å². The van der Waals surface area contributed by atoms with Gasteiger partial charge in [0, 0.05) is 34.2 Å². The Morgan fingerprint density at radius 3 is 2.17 bits per heavy atom. The number of fused-ring (bicyclic) bond motifs is 2. The summed E-state index contributed by atoms with van der Waals surface area (Å²) in [6, 6.07) is 21.2. The van der Waals surface area contributed by atoms with E-state index in [4.69, 9.17) is 4.74 Å². The maximum atomic E-state index is 6.78. The van der Waals surface area contributed by atoms with Crippen molar-refractivity contribution in [2.75, 3.05) is 6.23 Å². The number of benzene rings is 2. The Morgan fingerprint density at radius 1 is 0.889 bits per heavy atom. The minimum Gasteiger partial charge on any atom is -0.379 e. The molecule has 0 aliphatic heterocycles. The van der Waals surface area contributed by atoms with Crippen LogP contribution in [0.1, 0.15) is 60.5 Å². The van der Waals surface area contributed by atoms with E-state index < -0.39 is 16.1 Å². The van der Waals surface area contributed by atoms with E-state index in [-0.39, 0.29) is 14.4 Å². The molecule has 3 unspecified atom stereocenters. The standard InChI is InChI=1S/C32H47OSi3/c1-32(2,3)33-23-36(9,30-21-26(22-35(6,7)8)27-15-12-13-17-29(27)30)31-25(18-19-34(4)5)20-24-14-10-11-16-28(24)31/h10-17,20-21,30-31H,18-19,22-23H2,1-9H3. The van der Waals surface area contributed by atoms with Crippen LogP contribution in [0.4, 0.5) is 0 Å². The third kappa shape index (κ3) is 5.98. The highest BCUT2D eigenvalue weighted by Crippen LogP contribution is 2.53. The second-order valence-corrected chi connectivity index (χ2v) is 26.8. The lowest BCUT2D eigenvalue weighted by molar-refractivity contribution is 0.0210. The first-order chi connectivity index (χ1) is 16.8. The van der Waals surface area contributed by atoms with Crippen LogP contribution < -0.4 is 0 Å². The van der Waals surface area contributed by atoms with Crippen LogP contribution in [0, 0.1) is 0 Å². The summed E-state index contributed by atoms with van der Waals surface area (Å²) in [4.78, 5) is 0. The molecule has 4 heteroatoms. The van der Waals surface area contributed by atoms with Crippen LogP contribution in [0.25, 0.3) is 11.6 Å². The fourth-order valence-corrected chi connectivity index (χ4v) is 13.5. The minimum absolute atomic E-state index is 0.137. The van der Waals surface area contributed by atoms with E-state index >= 15 is 0 Å². The molecule has 0 N–H and O–H groups in total. The number of hydrogen-bond donors (Lipinski definition) is 0. The van der Waals surface area contributed by atoms with Gasteiger partial charge in [0.2, 0.25) is 0 Å². The molecule has 2 aliphatic carbocycles. The second kappa shape index (κ2) is 10.4. The van der Waals surface area contributed by atoms with Gasteiger partial charge in [-0.3, -0.25) is 0 Å². The predicted octanol–water partition coefficient (Wildman–Crippen LogP) is 9.34. The highest BCUT2D eigenvalue weighted by Gasteiger charge is 2.50. The van der Waals surface area contributed by atoms with E-state index in [1.165, 1.54) is 29.6 Å². The first-order valence-corrected chi connectivity index (χ1v) is 23.1. The SMILES string of the molecule is C[Si](C)CCC1=Cc2ccccc2C1[Si](C)(COC(C)(C)C)C1C=C(C[Si](C)(C)C)c2ccccc21. The molecule has 2 aromatic rings. The fourth-order valence-electron chi connectivity index (χ4n) is 6.21. The molecule has 193 valence electrons. The molecule has 2 aromatic carbocycles. The quantitative estimate of drug-likeness (QED) is 0.293. The lowest BCUT2D eigenvalue weighted by Gasteiger charge is -2.42. The lowest BCUT2D eigenvalue weighted by Crippen LogP contribution is -2.51. The molecule has 0 aromatic heterocycles. The molecule has 3 atom stereocenters. The van der Waals surface area contributed by atoms with Gasteiger partial charge in [0.15, 0.2) is 0 Å². The van der Waals surface area contributed by atoms with Gasteiger partial charge in [0.25, 0.3) is 0 Å². The largest absolute Gasteiger partial charge is 0.379 e. The first-order valence-electron chi connectivity index (χ1n) is 13.8. The minimum atomic E-state index is -2.09. The van der Waals surface area contributed by atoms with E-state index in [1.807, 2.05) is 0 Å². The van der Waals surface area contributed by atoms with Gasteiger partial charge >= 0.3 is 0 Å². The predicted molar refractivity (Wildman–Crippen MR) is 167 cm³/mol. The van der Waals surface area contributed by atoms with Gasteiger partial charge in [-0.05, 0) is 61.1 Å². The summed E-state index contributed by atoms with van der Waals surface area (Å²) in [6.45, 7) is 21.8. The number of ether oxygens (including phenoxy) is 1. The van der Waals surface area contributed by atoms with Crippen LogP contribution in [0.15, 0.2) is 60.2 Å². The van der Waals surface area contributed by atoms with Gasteiger partial charge in [0.05, 0.1) is 5.60 Å². The van der Waals surface area contributed by atoms with Crippen molar-refractivity contribution in [1.29, 1.82) is 0 Å². The van der Waals surface area contributed by atoms with Crippen molar-refractivity contribution in [3.8, 4) is 0 Å². The van der Waals surface area contributed by atoms with E-state index in [0.717, 1.165) is 6.23 Å². The van der Waals surface area contributed by atoms with Crippen molar-refractivity contribution in [3.63, 3.8) is 0 Å². The molecular weight excluding hydrogens is 485 g/mol. The topological polar surface area (TPSA) is 9.23 Å². The first kappa shape index (κ1) is 27.6. The molecule has 0 bridgehead atoms. The molecule has 0 fully saturated rings. The van der Waals surface area contributed by atoms with Crippen LogP contribution in [-0.4, -0.2) is 36.8 Å². The summed E-state index contributed by atoms with van der Waals surface area (Å²) in [5, 5.41) is 0. The van der Waals surface area contributed by atoms with Crippen molar-refractivity contribution in [2.24, 2.45) is 0 Å². The zero-order valence-corrected chi connectivity index (χ0v) is 27.2. The van der Waals surface area contributed by atoms with Gasteiger partial charge in [0.1, 0.15) is 8.07 Å². The number of hydrogen-bond acceptors (Lipinski definition) is 1. The summed E-state index contributed by atoms with van der Waals surface area (Å²) in [5.41, 5.74) is 10.2. The third-order valence-corrected chi connectivity index (χ3v) is 15.2. The Kier molecular flexibility index (Phi) is 7.93. The summed E-state index contributed by atoms with van der Waals surface area (Å²) in [7, 11) is -3.61. The smallest absolute Gasteiger partial charge is 0.104 e. The molecule has 1 nitrogen and oxygen atoms in total. The summed E-state index contributed by atoms with van der Waals surface area (Å²) in [6.07, 6.45) is 7.40. The molecule has 0 saturated carbocycles. The third-order valence-electron chi connectivity index (χ3n) is 7.85. The van der Waals surface area contributed by atoms with Crippen molar-refractivity contribution in [1.82, 2.24) is 0 Å². The fraction of sp³-hybridized carbons (Fsp3) is 0.500. The molecule has 0 amide bonds. The van der Waals surface area contributed by atoms with Crippen LogP contribution >= 0.6 is 0 Å². The zero-order valence-electron chi connectivity index (χ0n) is 24.2. The van der Waals surface area contributed by atoms with Gasteiger partial charge in [-0.2, -0.15) is 0 Å². The average Bonchev–Trinajstić information content (AvgIpc) is 3.34. The maximum Gasteiger partial charge on any atom is 0.104 e. The van der Waals surface area contributed by atoms with Crippen molar-refractivity contribution in [3.05, 3.63) is 82.4 Å². The molecule has 0 heterocycles.